The van der Waals surface area contributed by atoms with E-state index in [1.165, 1.54) is 6.07 Å². The SMILES string of the molecule is CCOC(=O)C1=C(CC)NC(=O)NC1c1ccc(F)c(F)c1. The van der Waals surface area contributed by atoms with Crippen LogP contribution in [0.25, 0.3) is 0 Å². The third-order valence-electron chi connectivity index (χ3n) is 3.28. The summed E-state index contributed by atoms with van der Waals surface area (Å²) in [6.45, 7) is 3.59. The third-order valence-corrected chi connectivity index (χ3v) is 3.28. The van der Waals surface area contributed by atoms with Crippen LogP contribution >= 0.6 is 0 Å². The van der Waals surface area contributed by atoms with Crippen molar-refractivity contribution in [3.05, 3.63) is 46.7 Å². The quantitative estimate of drug-likeness (QED) is 0.840. The summed E-state index contributed by atoms with van der Waals surface area (Å²) in [5, 5.41) is 5.08. The molecular weight excluding hydrogens is 294 g/mol. The number of hydrogen-bond donors (Lipinski definition) is 2. The Morgan fingerprint density at radius 2 is 2.00 bits per heavy atom. The summed E-state index contributed by atoms with van der Waals surface area (Å²) in [4.78, 5) is 23.9. The minimum absolute atomic E-state index is 0.164. The molecule has 2 amide bonds. The van der Waals surface area contributed by atoms with Gasteiger partial charge in [-0.3, -0.25) is 0 Å². The number of carbonyl (C=O) groups is 2. The normalized spacial score (nSPS) is 17.8. The molecule has 0 spiro atoms. The Morgan fingerprint density at radius 1 is 1.27 bits per heavy atom. The molecule has 7 heteroatoms. The maximum absolute atomic E-state index is 13.5. The Morgan fingerprint density at radius 3 is 2.59 bits per heavy atom. The standard InChI is InChI=1S/C15H16F2N2O3/c1-3-11-12(14(20)22-4-2)13(19-15(21)18-11)8-5-6-9(16)10(17)7-8/h5-7,13H,3-4H2,1-2H3,(H2,18,19,21). The van der Waals surface area contributed by atoms with E-state index in [4.69, 9.17) is 4.74 Å². The highest BCUT2D eigenvalue weighted by molar-refractivity contribution is 5.95. The highest BCUT2D eigenvalue weighted by Crippen LogP contribution is 2.29. The number of urea groups is 1. The van der Waals surface area contributed by atoms with Gasteiger partial charge in [-0.25, -0.2) is 18.4 Å². The van der Waals surface area contributed by atoms with E-state index in [2.05, 4.69) is 10.6 Å². The summed E-state index contributed by atoms with van der Waals surface area (Å²) in [6.07, 6.45) is 0.391. The van der Waals surface area contributed by atoms with Gasteiger partial charge in [-0.05, 0) is 31.0 Å². The van der Waals surface area contributed by atoms with E-state index >= 15 is 0 Å². The molecule has 0 bridgehead atoms. The lowest BCUT2D eigenvalue weighted by atomic mass is 9.94. The smallest absolute Gasteiger partial charge is 0.338 e. The first-order chi connectivity index (χ1) is 10.5. The molecule has 0 radical (unpaired) electrons. The topological polar surface area (TPSA) is 67.4 Å². The van der Waals surface area contributed by atoms with E-state index in [0.717, 1.165) is 12.1 Å². The van der Waals surface area contributed by atoms with Crippen LogP contribution in [-0.2, 0) is 9.53 Å². The van der Waals surface area contributed by atoms with Crippen molar-refractivity contribution in [1.29, 1.82) is 0 Å². The summed E-state index contributed by atoms with van der Waals surface area (Å²) in [7, 11) is 0. The fraction of sp³-hybridized carbons (Fsp3) is 0.333. The second-order valence-corrected chi connectivity index (χ2v) is 4.67. The van der Waals surface area contributed by atoms with Gasteiger partial charge in [-0.1, -0.05) is 13.0 Å². The van der Waals surface area contributed by atoms with Gasteiger partial charge in [0.1, 0.15) is 0 Å². The number of rotatable bonds is 4. The lowest BCUT2D eigenvalue weighted by Gasteiger charge is -2.29. The van der Waals surface area contributed by atoms with Crippen LogP contribution in [0.1, 0.15) is 31.9 Å². The van der Waals surface area contributed by atoms with Crippen molar-refractivity contribution in [3.63, 3.8) is 0 Å². The maximum atomic E-state index is 13.5. The molecule has 1 aliphatic rings. The molecular formula is C15H16F2N2O3. The molecule has 1 atom stereocenters. The van der Waals surface area contributed by atoms with E-state index in [1.54, 1.807) is 13.8 Å². The first-order valence-electron chi connectivity index (χ1n) is 6.90. The number of benzene rings is 1. The van der Waals surface area contributed by atoms with E-state index < -0.39 is 29.7 Å². The molecule has 1 aliphatic heterocycles. The largest absolute Gasteiger partial charge is 0.463 e. The molecule has 0 saturated heterocycles. The highest BCUT2D eigenvalue weighted by atomic mass is 19.2. The number of ether oxygens (including phenoxy) is 1. The van der Waals surface area contributed by atoms with Crippen LogP contribution in [0.3, 0.4) is 0 Å². The first kappa shape index (κ1) is 15.9. The zero-order valence-electron chi connectivity index (χ0n) is 12.2. The lowest BCUT2D eigenvalue weighted by Crippen LogP contribution is -2.45. The summed E-state index contributed by atoms with van der Waals surface area (Å²) in [5.41, 5.74) is 0.856. The van der Waals surface area contributed by atoms with E-state index in [0.29, 0.717) is 12.1 Å². The summed E-state index contributed by atoms with van der Waals surface area (Å²) >= 11 is 0. The summed E-state index contributed by atoms with van der Waals surface area (Å²) in [5.74, 6) is -2.66. The number of nitrogens with one attached hydrogen (secondary N) is 2. The van der Waals surface area contributed by atoms with Crippen molar-refractivity contribution in [1.82, 2.24) is 10.6 Å². The Balaban J connectivity index is 2.51. The molecule has 0 aromatic heterocycles. The lowest BCUT2D eigenvalue weighted by molar-refractivity contribution is -0.139. The van der Waals surface area contributed by atoms with Gasteiger partial charge in [0.25, 0.3) is 0 Å². The first-order valence-corrected chi connectivity index (χ1v) is 6.90. The molecule has 1 heterocycles. The van der Waals surface area contributed by atoms with Gasteiger partial charge >= 0.3 is 12.0 Å². The zero-order valence-corrected chi connectivity index (χ0v) is 12.2. The van der Waals surface area contributed by atoms with Gasteiger partial charge in [0.05, 0.1) is 18.2 Å². The number of hydrogen-bond acceptors (Lipinski definition) is 3. The molecule has 0 aliphatic carbocycles. The highest BCUT2D eigenvalue weighted by Gasteiger charge is 2.33. The molecule has 2 rings (SSSR count). The van der Waals surface area contributed by atoms with Crippen LogP contribution in [0.15, 0.2) is 29.5 Å². The van der Waals surface area contributed by atoms with E-state index in [-0.39, 0.29) is 17.7 Å². The Kier molecular flexibility index (Phi) is 4.75. The molecule has 1 aromatic carbocycles. The molecule has 0 saturated carbocycles. The van der Waals surface area contributed by atoms with Crippen LogP contribution in [-0.4, -0.2) is 18.6 Å². The second-order valence-electron chi connectivity index (χ2n) is 4.67. The van der Waals surface area contributed by atoms with Gasteiger partial charge in [0, 0.05) is 5.70 Å². The van der Waals surface area contributed by atoms with Crippen LogP contribution in [0.5, 0.6) is 0 Å². The summed E-state index contributed by atoms with van der Waals surface area (Å²) < 4.78 is 31.5. The van der Waals surface area contributed by atoms with Gasteiger partial charge in [0.15, 0.2) is 11.6 Å². The summed E-state index contributed by atoms with van der Waals surface area (Å²) in [6, 6.07) is 1.82. The number of esters is 1. The van der Waals surface area contributed by atoms with Crippen molar-refractivity contribution in [2.45, 2.75) is 26.3 Å². The fourth-order valence-electron chi connectivity index (χ4n) is 2.29. The Labute approximate surface area is 126 Å². The second kappa shape index (κ2) is 6.55. The van der Waals surface area contributed by atoms with Crippen LogP contribution in [0.4, 0.5) is 13.6 Å². The number of amides is 2. The molecule has 1 unspecified atom stereocenters. The van der Waals surface area contributed by atoms with Crippen LogP contribution < -0.4 is 10.6 Å². The van der Waals surface area contributed by atoms with Crippen molar-refractivity contribution < 1.29 is 23.1 Å². The average molecular weight is 310 g/mol. The average Bonchev–Trinajstić information content (AvgIpc) is 2.49. The van der Waals surface area contributed by atoms with Crippen molar-refractivity contribution >= 4 is 12.0 Å². The Bertz CT molecular complexity index is 644. The van der Waals surface area contributed by atoms with Gasteiger partial charge in [-0.2, -0.15) is 0 Å². The minimum atomic E-state index is -1.05. The molecule has 22 heavy (non-hydrogen) atoms. The number of carbonyl (C=O) groups excluding carboxylic acids is 2. The molecule has 5 nitrogen and oxygen atoms in total. The zero-order chi connectivity index (χ0) is 16.3. The molecule has 118 valence electrons. The van der Waals surface area contributed by atoms with Crippen LogP contribution in [0.2, 0.25) is 0 Å². The predicted octanol–water partition coefficient (Wildman–Crippen LogP) is 2.55. The molecule has 1 aromatic rings. The van der Waals surface area contributed by atoms with Crippen molar-refractivity contribution in [2.75, 3.05) is 6.61 Å². The van der Waals surface area contributed by atoms with E-state index in [1.807, 2.05) is 0 Å². The number of allylic oxidation sites excluding steroid dienone is 1. The minimum Gasteiger partial charge on any atom is -0.463 e. The van der Waals surface area contributed by atoms with Crippen molar-refractivity contribution in [3.8, 4) is 0 Å². The predicted molar refractivity (Wildman–Crippen MR) is 74.7 cm³/mol. The van der Waals surface area contributed by atoms with Crippen molar-refractivity contribution in [2.24, 2.45) is 0 Å². The molecule has 0 fully saturated rings. The monoisotopic (exact) mass is 310 g/mol. The van der Waals surface area contributed by atoms with Gasteiger partial charge < -0.3 is 15.4 Å². The van der Waals surface area contributed by atoms with Gasteiger partial charge in [0.2, 0.25) is 0 Å². The number of halogens is 2. The van der Waals surface area contributed by atoms with Crippen LogP contribution in [0, 0.1) is 11.6 Å². The van der Waals surface area contributed by atoms with Gasteiger partial charge in [-0.15, -0.1) is 0 Å². The Hall–Kier alpha value is -2.44. The maximum Gasteiger partial charge on any atom is 0.338 e. The van der Waals surface area contributed by atoms with E-state index in [9.17, 15) is 18.4 Å². The fourth-order valence-corrected chi connectivity index (χ4v) is 2.29. The third kappa shape index (κ3) is 3.08. The molecule has 2 N–H and O–H groups in total.